The Morgan fingerprint density at radius 3 is 1.84 bits per heavy atom. The van der Waals surface area contributed by atoms with Gasteiger partial charge >= 0.3 is 17.9 Å². The van der Waals surface area contributed by atoms with Gasteiger partial charge in [0.05, 0.1) is 5.60 Å². The molecule has 13 radical (unpaired) electrons. The van der Waals surface area contributed by atoms with Crippen LogP contribution < -0.4 is 0 Å². The van der Waals surface area contributed by atoms with Gasteiger partial charge in [-0.05, 0) is 82.0 Å². The van der Waals surface area contributed by atoms with Crippen LogP contribution in [0.25, 0.3) is 0 Å². The van der Waals surface area contributed by atoms with E-state index in [2.05, 4.69) is 0 Å². The van der Waals surface area contributed by atoms with Crippen molar-refractivity contribution in [2.75, 3.05) is 6.61 Å². The van der Waals surface area contributed by atoms with E-state index in [1.165, 1.54) is 7.06 Å². The second-order valence-corrected chi connectivity index (χ2v) is 14.8. The third-order valence-corrected chi connectivity index (χ3v) is 10.9. The van der Waals surface area contributed by atoms with Gasteiger partial charge < -0.3 is 14.2 Å². The smallest absolute Gasteiger partial charge is 0.377 e. The van der Waals surface area contributed by atoms with Crippen LogP contribution in [-0.2, 0) is 28.6 Å². The zero-order valence-electron chi connectivity index (χ0n) is 25.4. The van der Waals surface area contributed by atoms with Crippen LogP contribution in [-0.4, -0.2) is 126 Å². The summed E-state index contributed by atoms with van der Waals surface area (Å²) >= 11 is 0. The molecule has 8 bridgehead atoms. The summed E-state index contributed by atoms with van der Waals surface area (Å²) in [5.74, 6) is -4.06. The van der Waals surface area contributed by atoms with E-state index >= 15 is 0 Å². The fourth-order valence-corrected chi connectivity index (χ4v) is 9.85. The Morgan fingerprint density at radius 1 is 0.841 bits per heavy atom. The predicted octanol–water partition coefficient (Wildman–Crippen LogP) is -0.205. The van der Waals surface area contributed by atoms with Crippen molar-refractivity contribution < 1.29 is 37.4 Å². The summed E-state index contributed by atoms with van der Waals surface area (Å²) in [6.07, 6.45) is 5.81. The summed E-state index contributed by atoms with van der Waals surface area (Å²) in [4.78, 5) is 37.3. The van der Waals surface area contributed by atoms with Gasteiger partial charge in [0.25, 0.3) is 0 Å². The lowest BCUT2D eigenvalue weighted by molar-refractivity contribution is -0.247. The van der Waals surface area contributed by atoms with Crippen LogP contribution in [0.4, 0.5) is 8.78 Å². The molecule has 0 aromatic heterocycles. The van der Waals surface area contributed by atoms with Crippen LogP contribution in [0.1, 0.15) is 77.6 Å². The van der Waals surface area contributed by atoms with E-state index in [9.17, 15) is 23.2 Å². The van der Waals surface area contributed by atoms with Crippen LogP contribution in [0.2, 0.25) is 0 Å². The number of carbonyl (C=O) groups is 3. The normalized spacial score (nSPS) is 37.4. The van der Waals surface area contributed by atoms with Crippen molar-refractivity contribution in [2.24, 2.45) is 29.6 Å². The Hall–Kier alpha value is -0.856. The summed E-state index contributed by atoms with van der Waals surface area (Å²) in [7, 11) is 33.5. The van der Waals surface area contributed by atoms with Crippen LogP contribution >= 0.6 is 0 Å². The Kier molecular flexibility index (Phi) is 9.90. The molecule has 8 aliphatic rings. The number of ether oxygens (including phenoxy) is 3. The number of esters is 2. The monoisotopic (exact) mass is 587 g/mol. The highest BCUT2D eigenvalue weighted by atomic mass is 19.3. The van der Waals surface area contributed by atoms with E-state index in [0.29, 0.717) is 50.7 Å². The Labute approximate surface area is 270 Å². The maximum atomic E-state index is 13.5. The first-order valence-electron chi connectivity index (χ1n) is 15.8. The summed E-state index contributed by atoms with van der Waals surface area (Å²) in [6.45, 7) is 0.374. The zero-order valence-corrected chi connectivity index (χ0v) is 25.4. The van der Waals surface area contributed by atoms with Crippen molar-refractivity contribution in [3.8, 4) is 0 Å². The number of Topliss-reactive ketones (excluding diaryl/α,β-unsaturated/α-hetero) is 1. The molecule has 19 heteroatoms. The molecule has 0 amide bonds. The largest absolute Gasteiger partial charge is 0.457 e. The Bertz CT molecular complexity index is 1090. The van der Waals surface area contributed by atoms with E-state index in [1.807, 2.05) is 0 Å². The Balaban J connectivity index is 0.000000301. The van der Waals surface area contributed by atoms with Crippen molar-refractivity contribution >= 4 is 96.7 Å². The lowest BCUT2D eigenvalue weighted by Gasteiger charge is -2.60. The van der Waals surface area contributed by atoms with Crippen LogP contribution in [0.3, 0.4) is 0 Å². The van der Waals surface area contributed by atoms with Gasteiger partial charge in [0.2, 0.25) is 0 Å². The van der Waals surface area contributed by atoms with Gasteiger partial charge in [-0.1, -0.05) is 0 Å². The molecule has 215 valence electrons. The predicted molar refractivity (Wildman–Crippen MR) is 173 cm³/mol. The molecule has 0 aromatic carbocycles. The molecule has 0 aliphatic heterocycles. The second-order valence-electron chi connectivity index (χ2n) is 14.8. The molecular weight excluding hydrogens is 553 g/mol. The van der Waals surface area contributed by atoms with E-state index in [4.69, 9.17) is 60.6 Å². The fraction of sp³-hybridized carbons (Fsp3) is 0.880. The third kappa shape index (κ3) is 7.17. The molecule has 0 saturated heterocycles. The fourth-order valence-electron chi connectivity index (χ4n) is 9.85. The highest BCUT2D eigenvalue weighted by molar-refractivity contribution is 8.01. The molecule has 4 atom stereocenters. The van der Waals surface area contributed by atoms with E-state index < -0.39 is 53.8 Å². The second kappa shape index (κ2) is 12.6. The van der Waals surface area contributed by atoms with Crippen molar-refractivity contribution in [1.82, 2.24) is 0 Å². The number of ketones is 1. The van der Waals surface area contributed by atoms with Gasteiger partial charge in [-0.25, -0.2) is 9.59 Å². The average Bonchev–Trinajstić information content (AvgIpc) is 2.88. The first-order chi connectivity index (χ1) is 20.5. The minimum Gasteiger partial charge on any atom is -0.457 e. The standard InChI is InChI=1S/C25H32F2O6.B11/c1-22(26,27)21(30)33-25-8-15-2-16(9-25)7-24(6-15,13-25)31-12-19(28)32-23-5-14-3-17(10-23)20(29)18(4-14)11-23;1-7-10(6)11(8(2)3)9(4)5/h14-18H,2-13H2,1H3;. The first kappa shape index (κ1) is 34.5. The maximum absolute atomic E-state index is 13.5. The van der Waals surface area contributed by atoms with E-state index in [0.717, 1.165) is 38.5 Å². The molecule has 6 nitrogen and oxygen atoms in total. The van der Waals surface area contributed by atoms with Gasteiger partial charge in [0.15, 0.2) is 0 Å². The lowest BCUT2D eigenvalue weighted by Crippen LogP contribution is -2.63. The molecule has 44 heavy (non-hydrogen) atoms. The number of hydrogen-bond acceptors (Lipinski definition) is 6. The molecular formula is C25H32B11F2O6. The average molecular weight is 585 g/mol. The van der Waals surface area contributed by atoms with Crippen LogP contribution in [0.15, 0.2) is 0 Å². The molecule has 8 fully saturated rings. The quantitative estimate of drug-likeness (QED) is 0.261. The highest BCUT2D eigenvalue weighted by Gasteiger charge is 2.62. The number of alkyl halides is 2. The van der Waals surface area contributed by atoms with Gasteiger partial charge in [0.1, 0.15) is 23.6 Å². The zero-order chi connectivity index (χ0) is 32.2. The molecule has 8 rings (SSSR count). The minimum atomic E-state index is -3.53. The molecule has 0 heterocycles. The highest BCUT2D eigenvalue weighted by Crippen LogP contribution is 2.61. The van der Waals surface area contributed by atoms with Gasteiger partial charge in [0, 0.05) is 104 Å². The van der Waals surface area contributed by atoms with Crippen molar-refractivity contribution in [3.05, 3.63) is 0 Å². The number of hydrogen-bond donors (Lipinski definition) is 0. The van der Waals surface area contributed by atoms with E-state index in [-0.39, 0.29) is 36.7 Å². The van der Waals surface area contributed by atoms with E-state index in [1.54, 1.807) is 0 Å². The Morgan fingerprint density at radius 2 is 1.36 bits per heavy atom. The maximum Gasteiger partial charge on any atom is 0.377 e. The van der Waals surface area contributed by atoms with Crippen LogP contribution in [0.5, 0.6) is 0 Å². The van der Waals surface area contributed by atoms with Crippen molar-refractivity contribution in [1.29, 1.82) is 0 Å². The topological polar surface area (TPSA) is 78.9 Å². The van der Waals surface area contributed by atoms with Crippen molar-refractivity contribution in [2.45, 2.75) is 100 Å². The molecule has 8 saturated carbocycles. The summed E-state index contributed by atoms with van der Waals surface area (Å²) in [5.41, 5.74) is -2.09. The van der Waals surface area contributed by atoms with Gasteiger partial charge in [-0.15, -0.1) is 0 Å². The summed E-state index contributed by atoms with van der Waals surface area (Å²) < 4.78 is 44.7. The molecule has 4 unspecified atom stereocenters. The van der Waals surface area contributed by atoms with Gasteiger partial charge in [-0.3, -0.25) is 4.79 Å². The first-order valence-corrected chi connectivity index (χ1v) is 15.8. The third-order valence-electron chi connectivity index (χ3n) is 10.9. The minimum absolute atomic E-state index is 0.0272. The molecule has 0 N–H and O–H groups in total. The molecule has 8 aliphatic carbocycles. The van der Waals surface area contributed by atoms with Crippen LogP contribution in [0, 0.1) is 29.6 Å². The van der Waals surface area contributed by atoms with Gasteiger partial charge in [-0.2, -0.15) is 8.78 Å². The molecule has 0 aromatic rings. The lowest BCUT2D eigenvalue weighted by atomic mass is 8.56. The number of halogens is 2. The molecule has 0 spiro atoms. The summed E-state index contributed by atoms with van der Waals surface area (Å²) in [6, 6.07) is 0. The SMILES string of the molecule is CC(F)(F)C(=O)OC12CC3CC(CC(OCC(=O)OC45CC6CC(C4)C(=O)C(C6)C5)(C3)C1)C2.[B][B]B([B])B(B([B])[B])B([B])[B]. The number of rotatable bonds is 10. The number of carbonyl (C=O) groups excluding carboxylic acids is 3. The van der Waals surface area contributed by atoms with Crippen molar-refractivity contribution in [3.63, 3.8) is 0 Å². The summed E-state index contributed by atoms with van der Waals surface area (Å²) in [5, 5.41) is 0.